The maximum absolute atomic E-state index is 12.3. The summed E-state index contributed by atoms with van der Waals surface area (Å²) in [5.41, 5.74) is 0.180. The van der Waals surface area contributed by atoms with Crippen LogP contribution in [0.15, 0.2) is 63.2 Å². The van der Waals surface area contributed by atoms with Gasteiger partial charge in [-0.15, -0.1) is 11.8 Å². The van der Waals surface area contributed by atoms with Gasteiger partial charge < -0.3 is 10.1 Å². The summed E-state index contributed by atoms with van der Waals surface area (Å²) in [4.78, 5) is 12.4. The second kappa shape index (κ2) is 9.82. The molecule has 164 valence electrons. The zero-order chi connectivity index (χ0) is 22.5. The number of nitrogens with two attached hydrogens (primary N) is 1. The van der Waals surface area contributed by atoms with Crippen LogP contribution in [0.4, 0.5) is 5.69 Å². The number of nitrogens with one attached hydrogen (secondary N) is 1. The molecule has 2 aromatic carbocycles. The minimum absolute atomic E-state index is 0.0162. The monoisotopic (exact) mass is 472 g/mol. The van der Waals surface area contributed by atoms with Gasteiger partial charge in [-0.1, -0.05) is 25.1 Å². The fraction of sp³-hybridized carbons (Fsp3) is 0.316. The van der Waals surface area contributed by atoms with Crippen molar-refractivity contribution in [2.45, 2.75) is 39.3 Å². The van der Waals surface area contributed by atoms with E-state index in [0.29, 0.717) is 0 Å². The molecule has 0 bridgehead atoms. The van der Waals surface area contributed by atoms with Crippen LogP contribution >= 0.6 is 11.8 Å². The van der Waals surface area contributed by atoms with Crippen LogP contribution in [0.5, 0.6) is 0 Å². The highest BCUT2D eigenvalue weighted by atomic mass is 32.2. The number of sulfone groups is 1. The van der Waals surface area contributed by atoms with Crippen LogP contribution in [-0.4, -0.2) is 47.5 Å². The molecule has 0 radical (unpaired) electrons. The normalized spacial score (nSPS) is 14.0. The van der Waals surface area contributed by atoms with Crippen LogP contribution in [0, 0.1) is 0 Å². The lowest BCUT2D eigenvalue weighted by atomic mass is 10.1. The van der Waals surface area contributed by atoms with Gasteiger partial charge in [-0.05, 0) is 30.3 Å². The smallest absolute Gasteiger partial charge is 0.307 e. The Kier molecular flexibility index (Phi) is 7.92. The number of carbonyl (C=O) groups is 1. The van der Waals surface area contributed by atoms with Gasteiger partial charge in [0, 0.05) is 22.4 Å². The van der Waals surface area contributed by atoms with Crippen molar-refractivity contribution in [1.82, 2.24) is 0 Å². The summed E-state index contributed by atoms with van der Waals surface area (Å²) in [6.07, 6.45) is 0.954. The predicted octanol–water partition coefficient (Wildman–Crippen LogP) is 2.26. The molecular formula is C19H24N2O6S3. The highest BCUT2D eigenvalue weighted by molar-refractivity contribution is 8.00. The van der Waals surface area contributed by atoms with E-state index in [-0.39, 0.29) is 27.1 Å². The summed E-state index contributed by atoms with van der Waals surface area (Å²) in [6.45, 7) is 1.90. The topological polar surface area (TPSA) is 133 Å². The molecule has 11 heteroatoms. The fourth-order valence-corrected chi connectivity index (χ4v) is 5.25. The molecule has 0 aromatic heterocycles. The first-order valence-corrected chi connectivity index (χ1v) is 13.2. The number of primary sulfonamides is 1. The molecule has 0 aliphatic rings. The summed E-state index contributed by atoms with van der Waals surface area (Å²) < 4.78 is 52.6. The molecule has 30 heavy (non-hydrogen) atoms. The Balaban J connectivity index is 2.42. The Bertz CT molecular complexity index is 1100. The average molecular weight is 473 g/mol. The highest BCUT2D eigenvalue weighted by Crippen LogP contribution is 2.31. The van der Waals surface area contributed by atoms with E-state index in [1.165, 1.54) is 31.0 Å². The summed E-state index contributed by atoms with van der Waals surface area (Å²) in [6, 6.07) is 12.6. The third-order valence-electron chi connectivity index (χ3n) is 4.27. The van der Waals surface area contributed by atoms with E-state index in [1.807, 2.05) is 37.3 Å². The van der Waals surface area contributed by atoms with Crippen LogP contribution in [0.2, 0.25) is 0 Å². The summed E-state index contributed by atoms with van der Waals surface area (Å²) in [5, 5.41) is 8.06. The molecule has 0 aliphatic heterocycles. The van der Waals surface area contributed by atoms with Crippen LogP contribution < -0.4 is 10.5 Å². The molecular weight excluding hydrogens is 448 g/mol. The number of esters is 1. The third kappa shape index (κ3) is 6.73. The van der Waals surface area contributed by atoms with Gasteiger partial charge >= 0.3 is 5.97 Å². The first-order valence-electron chi connectivity index (χ1n) is 8.84. The predicted molar refractivity (Wildman–Crippen MR) is 117 cm³/mol. The molecule has 2 atom stereocenters. The number of thioether (sulfide) groups is 1. The zero-order valence-electron chi connectivity index (χ0n) is 16.7. The van der Waals surface area contributed by atoms with E-state index in [4.69, 9.17) is 9.88 Å². The van der Waals surface area contributed by atoms with E-state index in [2.05, 4.69) is 5.32 Å². The number of sulfonamides is 1. The highest BCUT2D eigenvalue weighted by Gasteiger charge is 2.25. The van der Waals surface area contributed by atoms with Gasteiger partial charge in [0.15, 0.2) is 9.84 Å². The number of hydrogen-bond acceptors (Lipinski definition) is 8. The molecule has 0 amide bonds. The van der Waals surface area contributed by atoms with Gasteiger partial charge in [-0.3, -0.25) is 4.79 Å². The average Bonchev–Trinajstić information content (AvgIpc) is 2.66. The standard InChI is InChI=1S/C19H24N2O6S3/c1-13(28-14-7-5-4-6-8-14)17(12-19(22)27-2)21-16-10-9-15(30(20,25)26)11-18(16)29(3,23)24/h4-11,13,17,21H,12H2,1-3H3,(H2,20,25,26)/t13?,17-/m1/s1. The number of rotatable bonds is 9. The number of carbonyl (C=O) groups excluding carboxylic acids is 1. The molecule has 0 fully saturated rings. The van der Waals surface area contributed by atoms with E-state index in [9.17, 15) is 21.6 Å². The maximum atomic E-state index is 12.3. The molecule has 1 unspecified atom stereocenters. The van der Waals surface area contributed by atoms with Crippen molar-refractivity contribution in [3.05, 3.63) is 48.5 Å². The lowest BCUT2D eigenvalue weighted by Crippen LogP contribution is -2.33. The van der Waals surface area contributed by atoms with Crippen LogP contribution in [0.1, 0.15) is 13.3 Å². The number of ether oxygens (including phenoxy) is 1. The molecule has 0 aliphatic carbocycles. The van der Waals surface area contributed by atoms with Crippen molar-refractivity contribution >= 4 is 43.3 Å². The zero-order valence-corrected chi connectivity index (χ0v) is 19.2. The van der Waals surface area contributed by atoms with E-state index < -0.39 is 31.9 Å². The molecule has 0 saturated carbocycles. The molecule has 2 rings (SSSR count). The van der Waals surface area contributed by atoms with Gasteiger partial charge in [0.1, 0.15) is 0 Å². The maximum Gasteiger partial charge on any atom is 0.307 e. The number of hydrogen-bond donors (Lipinski definition) is 2. The summed E-state index contributed by atoms with van der Waals surface area (Å²) in [5.74, 6) is -0.463. The van der Waals surface area contributed by atoms with Gasteiger partial charge in [-0.2, -0.15) is 0 Å². The van der Waals surface area contributed by atoms with E-state index in [1.54, 1.807) is 0 Å². The van der Waals surface area contributed by atoms with Crippen molar-refractivity contribution in [1.29, 1.82) is 0 Å². The van der Waals surface area contributed by atoms with Gasteiger partial charge in [-0.25, -0.2) is 22.0 Å². The van der Waals surface area contributed by atoms with Crippen molar-refractivity contribution in [2.75, 3.05) is 18.7 Å². The van der Waals surface area contributed by atoms with Gasteiger partial charge in [0.25, 0.3) is 0 Å². The fourth-order valence-electron chi connectivity index (χ4n) is 2.70. The molecule has 0 heterocycles. The van der Waals surface area contributed by atoms with Crippen molar-refractivity contribution in [3.63, 3.8) is 0 Å². The number of methoxy groups -OCH3 is 1. The van der Waals surface area contributed by atoms with Crippen LogP contribution in [0.3, 0.4) is 0 Å². The van der Waals surface area contributed by atoms with Crippen molar-refractivity contribution < 1.29 is 26.4 Å². The molecule has 0 saturated heterocycles. The molecule has 8 nitrogen and oxygen atoms in total. The number of benzene rings is 2. The lowest BCUT2D eigenvalue weighted by Gasteiger charge is -2.26. The molecule has 3 N–H and O–H groups in total. The Morgan fingerprint density at radius 3 is 2.30 bits per heavy atom. The Labute approximate surface area is 181 Å². The van der Waals surface area contributed by atoms with Gasteiger partial charge in [0.2, 0.25) is 10.0 Å². The minimum atomic E-state index is -4.08. The van der Waals surface area contributed by atoms with Crippen molar-refractivity contribution in [3.8, 4) is 0 Å². The van der Waals surface area contributed by atoms with Crippen molar-refractivity contribution in [2.24, 2.45) is 5.14 Å². The largest absolute Gasteiger partial charge is 0.469 e. The third-order valence-corrected chi connectivity index (χ3v) is 7.56. The number of anilines is 1. The van der Waals surface area contributed by atoms with E-state index in [0.717, 1.165) is 17.2 Å². The first kappa shape index (κ1) is 24.2. The quantitative estimate of drug-likeness (QED) is 0.419. The summed E-state index contributed by atoms with van der Waals surface area (Å²) >= 11 is 1.51. The SMILES string of the molecule is COC(=O)C[C@@H](Nc1ccc(S(N)(=O)=O)cc1S(C)(=O)=O)C(C)Sc1ccccc1. The van der Waals surface area contributed by atoms with Crippen LogP contribution in [0.25, 0.3) is 0 Å². The molecule has 0 spiro atoms. The lowest BCUT2D eigenvalue weighted by molar-refractivity contribution is -0.140. The second-order valence-corrected chi connectivity index (χ2v) is 11.6. The van der Waals surface area contributed by atoms with Gasteiger partial charge in [0.05, 0.1) is 29.0 Å². The Morgan fingerprint density at radius 2 is 1.77 bits per heavy atom. The Hall–Kier alpha value is -2.08. The summed E-state index contributed by atoms with van der Waals surface area (Å²) in [7, 11) is -6.59. The Morgan fingerprint density at radius 1 is 1.13 bits per heavy atom. The minimum Gasteiger partial charge on any atom is -0.469 e. The molecule has 2 aromatic rings. The van der Waals surface area contributed by atoms with Crippen LogP contribution in [-0.2, 0) is 29.4 Å². The van der Waals surface area contributed by atoms with E-state index >= 15 is 0 Å². The second-order valence-electron chi connectivity index (χ2n) is 6.64. The first-order chi connectivity index (χ1) is 13.9.